The van der Waals surface area contributed by atoms with E-state index in [4.69, 9.17) is 0 Å². The third-order valence-corrected chi connectivity index (χ3v) is 8.11. The molecule has 0 spiro atoms. The minimum atomic E-state index is -3.69. The lowest BCUT2D eigenvalue weighted by atomic mass is 9.92. The monoisotopic (exact) mass is 476 g/mol. The fourth-order valence-corrected chi connectivity index (χ4v) is 5.67. The van der Waals surface area contributed by atoms with Gasteiger partial charge in [-0.25, -0.2) is 12.7 Å². The van der Waals surface area contributed by atoms with Crippen LogP contribution in [-0.2, 0) is 16.6 Å². The quantitative estimate of drug-likeness (QED) is 0.591. The van der Waals surface area contributed by atoms with E-state index in [0.29, 0.717) is 30.4 Å². The molecule has 2 aromatic rings. The number of nitrogens with zero attached hydrogens (tertiary/aromatic N) is 3. The summed E-state index contributed by atoms with van der Waals surface area (Å²) in [6.45, 7) is 10.6. The van der Waals surface area contributed by atoms with Crippen molar-refractivity contribution >= 4 is 26.8 Å². The van der Waals surface area contributed by atoms with E-state index in [-0.39, 0.29) is 15.8 Å². The SMILES string of the molecule is CCn1cc(C(=O)NCCCN2C[C@H](C)C[C@@H](C)C2)c(=O)c2cc(S(=O)(=O)N(C)C)ccc21. The standard InChI is InChI=1S/C24H36N4O4S/c1-6-28-16-21(24(30)25-10-7-11-27-14-17(2)12-18(3)15-27)23(29)20-13-19(8-9-22(20)28)33(31,32)26(4)5/h8-9,13,16-18H,6-7,10-12,14-15H2,1-5H3,(H,25,30)/t17-,18-/m1/s1. The number of likely N-dealkylation sites (tertiary alicyclic amines) is 1. The van der Waals surface area contributed by atoms with Crippen molar-refractivity contribution < 1.29 is 13.2 Å². The molecule has 0 unspecified atom stereocenters. The molecule has 1 saturated heterocycles. The van der Waals surface area contributed by atoms with Crippen molar-refractivity contribution in [2.45, 2.75) is 45.1 Å². The molecule has 182 valence electrons. The average molecular weight is 477 g/mol. The second-order valence-electron chi connectivity index (χ2n) is 9.44. The number of hydrogen-bond acceptors (Lipinski definition) is 5. The molecule has 1 amide bonds. The summed E-state index contributed by atoms with van der Waals surface area (Å²) in [7, 11) is -0.807. The summed E-state index contributed by atoms with van der Waals surface area (Å²) in [5, 5.41) is 3.10. The summed E-state index contributed by atoms with van der Waals surface area (Å²) in [6, 6.07) is 4.48. The van der Waals surface area contributed by atoms with Gasteiger partial charge in [0.1, 0.15) is 5.56 Å². The molecule has 9 heteroatoms. The van der Waals surface area contributed by atoms with Gasteiger partial charge in [0.15, 0.2) is 0 Å². The van der Waals surface area contributed by atoms with Gasteiger partial charge in [0, 0.05) is 51.9 Å². The third kappa shape index (κ3) is 5.65. The zero-order valence-corrected chi connectivity index (χ0v) is 21.1. The fraction of sp³-hybridized carbons (Fsp3) is 0.583. The van der Waals surface area contributed by atoms with Crippen molar-refractivity contribution in [2.75, 3.05) is 40.3 Å². The first-order valence-electron chi connectivity index (χ1n) is 11.6. The summed E-state index contributed by atoms with van der Waals surface area (Å²) in [6.07, 6.45) is 3.64. The first kappa shape index (κ1) is 25.4. The van der Waals surface area contributed by atoms with E-state index in [1.165, 1.54) is 32.6 Å². The maximum Gasteiger partial charge on any atom is 0.256 e. The summed E-state index contributed by atoms with van der Waals surface area (Å²) in [5.41, 5.74) is 0.177. The maximum absolute atomic E-state index is 13.1. The van der Waals surface area contributed by atoms with Gasteiger partial charge in [-0.15, -0.1) is 0 Å². The molecule has 0 saturated carbocycles. The number of carbonyl (C=O) groups excluding carboxylic acids is 1. The van der Waals surface area contributed by atoms with E-state index >= 15 is 0 Å². The zero-order valence-electron chi connectivity index (χ0n) is 20.3. The fourth-order valence-electron chi connectivity index (χ4n) is 4.75. The Morgan fingerprint density at radius 2 is 1.85 bits per heavy atom. The van der Waals surface area contributed by atoms with Crippen LogP contribution >= 0.6 is 0 Å². The van der Waals surface area contributed by atoms with E-state index in [9.17, 15) is 18.0 Å². The van der Waals surface area contributed by atoms with Gasteiger partial charge in [-0.2, -0.15) is 0 Å². The van der Waals surface area contributed by atoms with Gasteiger partial charge in [-0.05, 0) is 56.3 Å². The number of sulfonamides is 1. The van der Waals surface area contributed by atoms with Crippen molar-refractivity contribution in [3.63, 3.8) is 0 Å². The van der Waals surface area contributed by atoms with Crippen LogP contribution in [0.3, 0.4) is 0 Å². The Hall–Kier alpha value is -2.23. The van der Waals surface area contributed by atoms with Gasteiger partial charge in [0.05, 0.1) is 10.4 Å². The summed E-state index contributed by atoms with van der Waals surface area (Å²) < 4.78 is 28.0. The lowest BCUT2D eigenvalue weighted by Crippen LogP contribution is -2.40. The van der Waals surface area contributed by atoms with Gasteiger partial charge >= 0.3 is 0 Å². The lowest BCUT2D eigenvalue weighted by molar-refractivity contribution is 0.0945. The minimum absolute atomic E-state index is 0.0299. The van der Waals surface area contributed by atoms with Crippen LogP contribution in [-0.4, -0.2) is 68.4 Å². The predicted octanol–water partition coefficient (Wildman–Crippen LogP) is 2.37. The number of fused-ring (bicyclic) bond motifs is 1. The van der Waals surface area contributed by atoms with Crippen LogP contribution in [0.5, 0.6) is 0 Å². The van der Waals surface area contributed by atoms with Crippen molar-refractivity contribution in [3.05, 3.63) is 40.2 Å². The molecule has 8 nitrogen and oxygen atoms in total. The topological polar surface area (TPSA) is 91.7 Å². The largest absolute Gasteiger partial charge is 0.352 e. The Labute approximate surface area is 196 Å². The number of piperidine rings is 1. The normalized spacial score (nSPS) is 19.8. The number of benzene rings is 1. The zero-order chi connectivity index (χ0) is 24.3. The molecule has 3 rings (SSSR count). The number of nitrogens with one attached hydrogen (secondary N) is 1. The highest BCUT2D eigenvalue weighted by Gasteiger charge is 2.22. The molecule has 1 aromatic carbocycles. The Bertz CT molecular complexity index is 1160. The van der Waals surface area contributed by atoms with E-state index in [2.05, 4.69) is 24.1 Å². The molecule has 1 aliphatic rings. The summed E-state index contributed by atoms with van der Waals surface area (Å²) >= 11 is 0. The van der Waals surface area contributed by atoms with Crippen molar-refractivity contribution in [3.8, 4) is 0 Å². The number of aryl methyl sites for hydroxylation is 1. The smallest absolute Gasteiger partial charge is 0.256 e. The second kappa shape index (κ2) is 10.4. The maximum atomic E-state index is 13.1. The molecule has 0 aliphatic carbocycles. The van der Waals surface area contributed by atoms with E-state index in [1.54, 1.807) is 16.8 Å². The Balaban J connectivity index is 1.78. The number of hydrogen-bond donors (Lipinski definition) is 1. The van der Waals surface area contributed by atoms with Crippen molar-refractivity contribution in [1.29, 1.82) is 0 Å². The summed E-state index contributed by atoms with van der Waals surface area (Å²) in [5.74, 6) is 0.953. The Morgan fingerprint density at radius 3 is 2.45 bits per heavy atom. The molecule has 1 N–H and O–H groups in total. The van der Waals surface area contributed by atoms with Crippen LogP contribution in [0.4, 0.5) is 0 Å². The molecular weight excluding hydrogens is 440 g/mol. The predicted molar refractivity (Wildman–Crippen MR) is 131 cm³/mol. The summed E-state index contributed by atoms with van der Waals surface area (Å²) in [4.78, 5) is 28.5. The van der Waals surface area contributed by atoms with Crippen LogP contribution in [0.25, 0.3) is 10.9 Å². The first-order chi connectivity index (χ1) is 15.5. The number of rotatable bonds is 8. The molecule has 33 heavy (non-hydrogen) atoms. The van der Waals surface area contributed by atoms with Crippen LogP contribution < -0.4 is 10.7 Å². The highest BCUT2D eigenvalue weighted by Crippen LogP contribution is 2.21. The molecule has 1 fully saturated rings. The number of amides is 1. The Kier molecular flexibility index (Phi) is 7.97. The lowest BCUT2D eigenvalue weighted by Gasteiger charge is -2.34. The van der Waals surface area contributed by atoms with Crippen LogP contribution in [0.15, 0.2) is 34.1 Å². The highest BCUT2D eigenvalue weighted by molar-refractivity contribution is 7.89. The van der Waals surface area contributed by atoms with Gasteiger partial charge in [-0.3, -0.25) is 9.59 Å². The minimum Gasteiger partial charge on any atom is -0.352 e. The van der Waals surface area contributed by atoms with Gasteiger partial charge in [0.25, 0.3) is 5.91 Å². The first-order valence-corrected chi connectivity index (χ1v) is 13.1. The van der Waals surface area contributed by atoms with Gasteiger partial charge < -0.3 is 14.8 Å². The van der Waals surface area contributed by atoms with Crippen molar-refractivity contribution in [1.82, 2.24) is 19.1 Å². The van der Waals surface area contributed by atoms with E-state index in [0.717, 1.165) is 30.4 Å². The molecule has 2 heterocycles. The second-order valence-corrected chi connectivity index (χ2v) is 11.6. The van der Waals surface area contributed by atoms with E-state index in [1.807, 2.05) is 6.92 Å². The number of aromatic nitrogens is 1. The third-order valence-electron chi connectivity index (χ3n) is 6.30. The Morgan fingerprint density at radius 1 is 1.18 bits per heavy atom. The van der Waals surface area contributed by atoms with E-state index < -0.39 is 21.4 Å². The average Bonchev–Trinajstić information content (AvgIpc) is 2.76. The number of pyridine rings is 1. The van der Waals surface area contributed by atoms with Crippen LogP contribution in [0, 0.1) is 11.8 Å². The van der Waals surface area contributed by atoms with Crippen molar-refractivity contribution in [2.24, 2.45) is 11.8 Å². The number of carbonyl (C=O) groups is 1. The van der Waals surface area contributed by atoms with Crippen LogP contribution in [0.1, 0.15) is 44.0 Å². The molecule has 1 aliphatic heterocycles. The highest BCUT2D eigenvalue weighted by atomic mass is 32.2. The molecule has 0 bridgehead atoms. The molecule has 0 radical (unpaired) electrons. The van der Waals surface area contributed by atoms with Gasteiger partial charge in [-0.1, -0.05) is 13.8 Å². The molecule has 1 aromatic heterocycles. The molecule has 2 atom stereocenters. The van der Waals surface area contributed by atoms with Gasteiger partial charge in [0.2, 0.25) is 15.5 Å². The van der Waals surface area contributed by atoms with Crippen LogP contribution in [0.2, 0.25) is 0 Å². The molecular formula is C24H36N4O4S.